The molecule has 0 heterocycles. The third-order valence-electron chi connectivity index (χ3n) is 3.55. The van der Waals surface area contributed by atoms with E-state index in [1.165, 1.54) is 64.2 Å². The Morgan fingerprint density at radius 2 is 1.21 bits per heavy atom. The van der Waals surface area contributed by atoms with Gasteiger partial charge in [-0.3, -0.25) is 0 Å². The van der Waals surface area contributed by atoms with Crippen LogP contribution in [-0.4, -0.2) is 35.7 Å². The van der Waals surface area contributed by atoms with Crippen molar-refractivity contribution in [1.82, 2.24) is 4.90 Å². The summed E-state index contributed by atoms with van der Waals surface area (Å²) in [6, 6.07) is 0. The Labute approximate surface area is 121 Å². The van der Waals surface area contributed by atoms with Crippen molar-refractivity contribution < 1.29 is 5.11 Å². The zero-order valence-corrected chi connectivity index (χ0v) is 13.9. The first kappa shape index (κ1) is 18.9. The van der Waals surface area contributed by atoms with Crippen molar-refractivity contribution in [2.24, 2.45) is 0 Å². The molecule has 0 bridgehead atoms. The van der Waals surface area contributed by atoms with Crippen molar-refractivity contribution in [2.45, 2.75) is 90.6 Å². The molecule has 0 aliphatic carbocycles. The largest absolute Gasteiger partial charge is 0.389 e. The molecule has 2 heteroatoms. The number of likely N-dealkylation sites (N-methyl/N-ethyl adjacent to an activating group) is 1. The second-order valence-corrected chi connectivity index (χ2v) is 6.73. The molecule has 0 aromatic rings. The summed E-state index contributed by atoms with van der Waals surface area (Å²) in [6.07, 6.45) is 13.9. The molecule has 0 rings (SSSR count). The topological polar surface area (TPSA) is 23.5 Å². The van der Waals surface area contributed by atoms with Crippen LogP contribution in [0.25, 0.3) is 0 Å². The summed E-state index contributed by atoms with van der Waals surface area (Å²) in [7, 11) is 2.10. The fraction of sp³-hybridized carbons (Fsp3) is 1.00. The predicted octanol–water partition coefficient (Wildman–Crippen LogP) is 4.61. The lowest BCUT2D eigenvalue weighted by Gasteiger charge is -2.25. The lowest BCUT2D eigenvalue weighted by Crippen LogP contribution is -2.36. The van der Waals surface area contributed by atoms with Crippen LogP contribution in [-0.2, 0) is 0 Å². The van der Waals surface area contributed by atoms with Crippen molar-refractivity contribution >= 4 is 0 Å². The smallest absolute Gasteiger partial charge is 0.0718 e. The van der Waals surface area contributed by atoms with Gasteiger partial charge in [0.25, 0.3) is 0 Å². The second-order valence-electron chi connectivity index (χ2n) is 6.73. The molecular formula is C17H37NO. The van der Waals surface area contributed by atoms with Gasteiger partial charge in [0.2, 0.25) is 0 Å². The molecule has 0 spiro atoms. The maximum atomic E-state index is 9.71. The van der Waals surface area contributed by atoms with Crippen LogP contribution in [0.3, 0.4) is 0 Å². The van der Waals surface area contributed by atoms with Gasteiger partial charge in [0.1, 0.15) is 0 Å². The summed E-state index contributed by atoms with van der Waals surface area (Å²) in [4.78, 5) is 2.24. The number of hydrogen-bond donors (Lipinski definition) is 1. The fourth-order valence-corrected chi connectivity index (χ4v) is 2.61. The van der Waals surface area contributed by atoms with Crippen molar-refractivity contribution in [2.75, 3.05) is 20.1 Å². The lowest BCUT2D eigenvalue weighted by atomic mass is 10.1. The van der Waals surface area contributed by atoms with Crippen LogP contribution in [0.2, 0.25) is 0 Å². The molecule has 0 aromatic heterocycles. The molecule has 0 radical (unpaired) electrons. The molecule has 0 aromatic carbocycles. The summed E-state index contributed by atoms with van der Waals surface area (Å²) in [5, 5.41) is 9.71. The van der Waals surface area contributed by atoms with Crippen molar-refractivity contribution in [3.8, 4) is 0 Å². The molecule has 0 amide bonds. The van der Waals surface area contributed by atoms with E-state index in [2.05, 4.69) is 18.9 Å². The minimum absolute atomic E-state index is 0.562. The molecule has 1 N–H and O–H groups in total. The van der Waals surface area contributed by atoms with E-state index in [9.17, 15) is 5.11 Å². The predicted molar refractivity (Wildman–Crippen MR) is 85.6 cm³/mol. The number of unbranched alkanes of at least 4 members (excludes halogenated alkanes) is 9. The van der Waals surface area contributed by atoms with E-state index in [1.54, 1.807) is 0 Å². The van der Waals surface area contributed by atoms with Gasteiger partial charge < -0.3 is 10.0 Å². The Morgan fingerprint density at radius 1 is 0.789 bits per heavy atom. The Balaban J connectivity index is 3.18. The summed E-state index contributed by atoms with van der Waals surface area (Å²) in [6.45, 7) is 7.91. The van der Waals surface area contributed by atoms with Gasteiger partial charge in [-0.25, -0.2) is 0 Å². The quantitative estimate of drug-likeness (QED) is 0.494. The first-order valence-corrected chi connectivity index (χ1v) is 8.36. The Morgan fingerprint density at radius 3 is 1.63 bits per heavy atom. The summed E-state index contributed by atoms with van der Waals surface area (Å²) >= 11 is 0. The lowest BCUT2D eigenvalue weighted by molar-refractivity contribution is 0.0442. The zero-order chi connectivity index (χ0) is 14.6. The number of aliphatic hydroxyl groups is 1. The molecule has 2 nitrogen and oxygen atoms in total. The van der Waals surface area contributed by atoms with Crippen LogP contribution in [0.15, 0.2) is 0 Å². The van der Waals surface area contributed by atoms with E-state index in [0.717, 1.165) is 13.1 Å². The Bertz CT molecular complexity index is 186. The zero-order valence-electron chi connectivity index (χ0n) is 13.9. The highest BCUT2D eigenvalue weighted by atomic mass is 16.3. The standard InChI is InChI=1S/C17H37NO/c1-5-6-7-8-9-10-11-12-13-14-15-18(4)16-17(2,3)19/h19H,5-16H2,1-4H3. The van der Waals surface area contributed by atoms with Crippen LogP contribution in [0, 0.1) is 0 Å². The number of nitrogens with zero attached hydrogens (tertiary/aromatic N) is 1. The maximum Gasteiger partial charge on any atom is 0.0718 e. The molecular weight excluding hydrogens is 234 g/mol. The summed E-state index contributed by atoms with van der Waals surface area (Å²) in [5.74, 6) is 0. The van der Waals surface area contributed by atoms with Gasteiger partial charge in [-0.2, -0.15) is 0 Å². The molecule has 116 valence electrons. The minimum atomic E-state index is -0.562. The molecule has 0 aliphatic heterocycles. The minimum Gasteiger partial charge on any atom is -0.389 e. The monoisotopic (exact) mass is 271 g/mol. The number of rotatable bonds is 13. The van der Waals surface area contributed by atoms with Gasteiger partial charge in [0.05, 0.1) is 5.60 Å². The highest BCUT2D eigenvalue weighted by Gasteiger charge is 2.14. The van der Waals surface area contributed by atoms with Gasteiger partial charge in [-0.05, 0) is 33.9 Å². The SMILES string of the molecule is CCCCCCCCCCCCN(C)CC(C)(C)O. The van der Waals surface area contributed by atoms with Crippen molar-refractivity contribution in [3.05, 3.63) is 0 Å². The summed E-state index contributed by atoms with van der Waals surface area (Å²) in [5.41, 5.74) is -0.562. The third-order valence-corrected chi connectivity index (χ3v) is 3.55. The Kier molecular flexibility index (Phi) is 11.7. The van der Waals surface area contributed by atoms with E-state index in [0.29, 0.717) is 0 Å². The molecule has 0 saturated heterocycles. The average molecular weight is 271 g/mol. The van der Waals surface area contributed by atoms with Gasteiger partial charge in [-0.1, -0.05) is 64.7 Å². The van der Waals surface area contributed by atoms with E-state index >= 15 is 0 Å². The van der Waals surface area contributed by atoms with Gasteiger partial charge in [0, 0.05) is 6.54 Å². The van der Waals surface area contributed by atoms with Gasteiger partial charge in [-0.15, -0.1) is 0 Å². The summed E-state index contributed by atoms with van der Waals surface area (Å²) < 4.78 is 0. The van der Waals surface area contributed by atoms with Crippen LogP contribution in [0.1, 0.15) is 85.0 Å². The van der Waals surface area contributed by atoms with E-state index in [1.807, 2.05) is 13.8 Å². The van der Waals surface area contributed by atoms with Crippen LogP contribution in [0.4, 0.5) is 0 Å². The molecule has 0 aliphatic rings. The maximum absolute atomic E-state index is 9.71. The van der Waals surface area contributed by atoms with Gasteiger partial charge in [0.15, 0.2) is 0 Å². The first-order valence-electron chi connectivity index (χ1n) is 8.36. The normalized spacial score (nSPS) is 12.3. The third kappa shape index (κ3) is 15.9. The van der Waals surface area contributed by atoms with E-state index in [4.69, 9.17) is 0 Å². The number of hydrogen-bond acceptors (Lipinski definition) is 2. The molecule has 19 heavy (non-hydrogen) atoms. The molecule has 0 atom stereocenters. The van der Waals surface area contributed by atoms with E-state index < -0.39 is 5.60 Å². The van der Waals surface area contributed by atoms with Crippen molar-refractivity contribution in [3.63, 3.8) is 0 Å². The first-order chi connectivity index (χ1) is 8.95. The highest BCUT2D eigenvalue weighted by Crippen LogP contribution is 2.11. The van der Waals surface area contributed by atoms with Crippen LogP contribution in [0.5, 0.6) is 0 Å². The molecule has 0 fully saturated rings. The molecule has 0 unspecified atom stereocenters. The van der Waals surface area contributed by atoms with E-state index in [-0.39, 0.29) is 0 Å². The van der Waals surface area contributed by atoms with Gasteiger partial charge >= 0.3 is 0 Å². The van der Waals surface area contributed by atoms with Crippen LogP contribution >= 0.6 is 0 Å². The highest BCUT2D eigenvalue weighted by molar-refractivity contribution is 4.69. The molecule has 0 saturated carbocycles. The Hall–Kier alpha value is -0.0800. The fourth-order valence-electron chi connectivity index (χ4n) is 2.61. The van der Waals surface area contributed by atoms with Crippen molar-refractivity contribution in [1.29, 1.82) is 0 Å². The van der Waals surface area contributed by atoms with Crippen LogP contribution < -0.4 is 0 Å². The second kappa shape index (κ2) is 11.7. The average Bonchev–Trinajstić information content (AvgIpc) is 2.29.